The Morgan fingerprint density at radius 2 is 1.46 bits per heavy atom. The van der Waals surface area contributed by atoms with Crippen LogP contribution in [0.15, 0.2) is 48.5 Å². The normalized spacial score (nSPS) is 12.4. The van der Waals surface area contributed by atoms with E-state index in [0.717, 1.165) is 4.90 Å². The summed E-state index contributed by atoms with van der Waals surface area (Å²) in [4.78, 5) is 27.2. The molecular formula is C28H30F6N4O3. The Morgan fingerprint density at radius 1 is 0.927 bits per heavy atom. The van der Waals surface area contributed by atoms with Crippen LogP contribution in [0.5, 0.6) is 5.75 Å². The number of amides is 2. The summed E-state index contributed by atoms with van der Waals surface area (Å²) in [5.74, 6) is -1.05. The molecule has 7 nitrogen and oxygen atoms in total. The molecule has 2 amide bonds. The first-order chi connectivity index (χ1) is 18.8. The van der Waals surface area contributed by atoms with Crippen molar-refractivity contribution in [3.8, 4) is 11.4 Å². The number of nitrogens with one attached hydrogen (secondary N) is 1. The molecule has 13 heteroatoms. The van der Waals surface area contributed by atoms with Gasteiger partial charge in [0, 0.05) is 23.1 Å². The Hall–Kier alpha value is -4.03. The molecule has 0 radical (unpaired) electrons. The predicted molar refractivity (Wildman–Crippen MR) is 140 cm³/mol. The van der Waals surface area contributed by atoms with Crippen molar-refractivity contribution in [2.24, 2.45) is 0 Å². The molecule has 0 fully saturated rings. The van der Waals surface area contributed by atoms with E-state index in [0.29, 0.717) is 29.3 Å². The topological polar surface area (TPSA) is 76.5 Å². The van der Waals surface area contributed by atoms with Gasteiger partial charge in [-0.2, -0.15) is 31.4 Å². The third-order valence-corrected chi connectivity index (χ3v) is 6.10. The molecule has 2 aromatic carbocycles. The molecule has 1 N–H and O–H groups in total. The zero-order chi connectivity index (χ0) is 30.9. The molecule has 1 heterocycles. The van der Waals surface area contributed by atoms with Gasteiger partial charge in [-0.3, -0.25) is 9.59 Å². The van der Waals surface area contributed by atoms with E-state index in [1.165, 1.54) is 25.6 Å². The van der Waals surface area contributed by atoms with Crippen molar-refractivity contribution in [1.82, 2.24) is 14.7 Å². The summed E-state index contributed by atoms with van der Waals surface area (Å²) < 4.78 is 86.7. The molecule has 0 atom stereocenters. The quantitative estimate of drug-likeness (QED) is 0.314. The van der Waals surface area contributed by atoms with Crippen molar-refractivity contribution in [2.75, 3.05) is 19.0 Å². The molecule has 0 aliphatic rings. The largest absolute Gasteiger partial charge is 0.497 e. The number of ether oxygens (including phenoxy) is 1. The molecular weight excluding hydrogens is 554 g/mol. The zero-order valence-corrected chi connectivity index (χ0v) is 23.2. The summed E-state index contributed by atoms with van der Waals surface area (Å²) in [7, 11) is 1.51. The summed E-state index contributed by atoms with van der Waals surface area (Å²) in [5, 5.41) is 7.26. The first-order valence-corrected chi connectivity index (χ1v) is 12.5. The maximum atomic E-state index is 13.3. The second-order valence-corrected chi connectivity index (χ2v) is 10.6. The molecule has 1 aromatic heterocycles. The van der Waals surface area contributed by atoms with Crippen LogP contribution < -0.4 is 10.1 Å². The molecule has 3 rings (SSSR count). The number of aromatic nitrogens is 2. The summed E-state index contributed by atoms with van der Waals surface area (Å²) >= 11 is 0. The highest BCUT2D eigenvalue weighted by Crippen LogP contribution is 2.36. The standard InChI is InChI=1S/C28H30F6N4O3/c1-16(2)37(25(40)17-11-18(27(29,30)31)13-19(12-17)28(32,33)34)15-24(39)35-23-14-22(26(3,4)5)36-38(23)20-7-9-21(41-6)10-8-20/h7-14,16H,15H2,1-6H3,(H,35,39). The van der Waals surface area contributed by atoms with Crippen LogP contribution in [0.4, 0.5) is 32.2 Å². The van der Waals surface area contributed by atoms with Gasteiger partial charge in [0.25, 0.3) is 5.91 Å². The summed E-state index contributed by atoms with van der Waals surface area (Å²) in [6, 6.07) is 8.36. The van der Waals surface area contributed by atoms with E-state index in [9.17, 15) is 35.9 Å². The lowest BCUT2D eigenvalue weighted by Crippen LogP contribution is -2.42. The Balaban J connectivity index is 1.94. The van der Waals surface area contributed by atoms with E-state index in [2.05, 4.69) is 10.4 Å². The Morgan fingerprint density at radius 3 is 1.90 bits per heavy atom. The minimum absolute atomic E-state index is 0.0592. The van der Waals surface area contributed by atoms with E-state index < -0.39 is 58.9 Å². The van der Waals surface area contributed by atoms with Gasteiger partial charge >= 0.3 is 12.4 Å². The second kappa shape index (κ2) is 11.5. The number of nitrogens with zero attached hydrogens (tertiary/aromatic N) is 3. The fourth-order valence-corrected chi connectivity index (χ4v) is 3.83. The van der Waals surface area contributed by atoms with Gasteiger partial charge < -0.3 is 15.0 Å². The van der Waals surface area contributed by atoms with Crippen LogP contribution in [0.1, 0.15) is 61.8 Å². The van der Waals surface area contributed by atoms with Gasteiger partial charge in [0.2, 0.25) is 5.91 Å². The number of hydrogen-bond donors (Lipinski definition) is 1. The van der Waals surface area contributed by atoms with Crippen LogP contribution >= 0.6 is 0 Å². The lowest BCUT2D eigenvalue weighted by Gasteiger charge is -2.27. The number of rotatable bonds is 7. The number of halogens is 6. The number of benzene rings is 2. The molecule has 3 aromatic rings. The molecule has 0 unspecified atom stereocenters. The van der Waals surface area contributed by atoms with Gasteiger partial charge in [-0.15, -0.1) is 0 Å². The molecule has 0 saturated heterocycles. The molecule has 0 bridgehead atoms. The fraction of sp³-hybridized carbons (Fsp3) is 0.393. The molecule has 0 aliphatic heterocycles. The molecule has 0 spiro atoms. The van der Waals surface area contributed by atoms with Crippen molar-refractivity contribution in [3.05, 3.63) is 70.9 Å². The first-order valence-electron chi connectivity index (χ1n) is 12.5. The minimum Gasteiger partial charge on any atom is -0.497 e. The Kier molecular flexibility index (Phi) is 8.80. The van der Waals surface area contributed by atoms with Gasteiger partial charge in [-0.05, 0) is 56.3 Å². The van der Waals surface area contributed by atoms with Crippen molar-refractivity contribution in [1.29, 1.82) is 0 Å². The third kappa shape index (κ3) is 7.59. The Bertz CT molecular complexity index is 1370. The average Bonchev–Trinajstić information content (AvgIpc) is 3.29. The van der Waals surface area contributed by atoms with Crippen LogP contribution in [0.2, 0.25) is 0 Å². The van der Waals surface area contributed by atoms with Crippen molar-refractivity contribution in [2.45, 2.75) is 58.4 Å². The van der Waals surface area contributed by atoms with Crippen LogP contribution in [-0.2, 0) is 22.6 Å². The summed E-state index contributed by atoms with van der Waals surface area (Å²) in [6.45, 7) is 8.09. The molecule has 0 aliphatic carbocycles. The fourth-order valence-electron chi connectivity index (χ4n) is 3.83. The summed E-state index contributed by atoms with van der Waals surface area (Å²) in [6.07, 6.45) is -10.2. The second-order valence-electron chi connectivity index (χ2n) is 10.6. The summed E-state index contributed by atoms with van der Waals surface area (Å²) in [5.41, 5.74) is -3.28. The van der Waals surface area contributed by atoms with Gasteiger partial charge in [-0.25, -0.2) is 4.68 Å². The lowest BCUT2D eigenvalue weighted by molar-refractivity contribution is -0.143. The van der Waals surface area contributed by atoms with E-state index in [1.54, 1.807) is 30.3 Å². The Labute approximate surface area is 233 Å². The average molecular weight is 585 g/mol. The van der Waals surface area contributed by atoms with Gasteiger partial charge in [0.05, 0.1) is 29.6 Å². The van der Waals surface area contributed by atoms with Crippen molar-refractivity contribution in [3.63, 3.8) is 0 Å². The van der Waals surface area contributed by atoms with Crippen LogP contribution in [0.25, 0.3) is 5.69 Å². The van der Waals surface area contributed by atoms with Crippen LogP contribution in [0.3, 0.4) is 0 Å². The van der Waals surface area contributed by atoms with Gasteiger partial charge in [0.1, 0.15) is 18.1 Å². The van der Waals surface area contributed by atoms with Crippen molar-refractivity contribution >= 4 is 17.6 Å². The van der Waals surface area contributed by atoms with E-state index in [-0.39, 0.29) is 11.9 Å². The highest BCUT2D eigenvalue weighted by molar-refractivity contribution is 5.99. The number of carbonyl (C=O) groups excluding carboxylic acids is 2. The number of anilines is 1. The lowest BCUT2D eigenvalue weighted by atomic mass is 9.92. The predicted octanol–water partition coefficient (Wildman–Crippen LogP) is 6.71. The third-order valence-electron chi connectivity index (χ3n) is 6.10. The van der Waals surface area contributed by atoms with E-state index in [4.69, 9.17) is 4.74 Å². The van der Waals surface area contributed by atoms with Crippen LogP contribution in [-0.4, -0.2) is 46.2 Å². The maximum absolute atomic E-state index is 13.3. The smallest absolute Gasteiger partial charge is 0.416 e. The zero-order valence-electron chi connectivity index (χ0n) is 23.2. The van der Waals surface area contributed by atoms with Gasteiger partial charge in [-0.1, -0.05) is 20.8 Å². The highest BCUT2D eigenvalue weighted by atomic mass is 19.4. The highest BCUT2D eigenvalue weighted by Gasteiger charge is 2.38. The van der Waals surface area contributed by atoms with E-state index >= 15 is 0 Å². The number of hydrogen-bond acceptors (Lipinski definition) is 4. The molecule has 0 saturated carbocycles. The maximum Gasteiger partial charge on any atom is 0.416 e. The SMILES string of the molecule is COc1ccc(-n2nc(C(C)(C)C)cc2NC(=O)CN(C(=O)c2cc(C(F)(F)F)cc(C(F)(F)F)c2)C(C)C)cc1. The van der Waals surface area contributed by atoms with Crippen molar-refractivity contribution < 1.29 is 40.7 Å². The number of carbonyl (C=O) groups is 2. The van der Waals surface area contributed by atoms with Gasteiger partial charge in [0.15, 0.2) is 0 Å². The van der Waals surface area contributed by atoms with Crippen LogP contribution in [0, 0.1) is 0 Å². The molecule has 222 valence electrons. The first kappa shape index (κ1) is 31.5. The van der Waals surface area contributed by atoms with E-state index in [1.807, 2.05) is 20.8 Å². The minimum atomic E-state index is -5.12. The molecule has 41 heavy (non-hydrogen) atoms. The number of alkyl halides is 6. The monoisotopic (exact) mass is 584 g/mol. The number of methoxy groups -OCH3 is 1.